The van der Waals surface area contributed by atoms with Crippen molar-refractivity contribution in [3.05, 3.63) is 28.3 Å². The van der Waals surface area contributed by atoms with E-state index < -0.39 is 0 Å². The van der Waals surface area contributed by atoms with Gasteiger partial charge in [0, 0.05) is 46.4 Å². The van der Waals surface area contributed by atoms with Crippen molar-refractivity contribution in [2.45, 2.75) is 0 Å². The van der Waals surface area contributed by atoms with Crippen LogP contribution in [0.1, 0.15) is 0 Å². The Hall–Kier alpha value is -1.82. The third-order valence-corrected chi connectivity index (χ3v) is 2.95. The smallest absolute Gasteiger partial charge is 0.271 e. The molecule has 0 spiro atoms. The van der Waals surface area contributed by atoms with Gasteiger partial charge in [0.2, 0.25) is 0 Å². The average Bonchev–Trinajstić information content (AvgIpc) is 2.34. The van der Waals surface area contributed by atoms with Gasteiger partial charge < -0.3 is 14.7 Å². The van der Waals surface area contributed by atoms with E-state index in [0.29, 0.717) is 0 Å². The predicted octanol–water partition coefficient (Wildman–Crippen LogP) is 1.66. The molecule has 19 heavy (non-hydrogen) atoms. The molecular weight excluding hydrogens is 244 g/mol. The number of nitrogens with zero attached hydrogens (tertiary/aromatic N) is 4. The molecule has 0 aliphatic carbocycles. The van der Waals surface area contributed by atoms with Crippen molar-refractivity contribution in [1.82, 2.24) is 4.90 Å². The molecule has 1 rings (SSSR count). The first kappa shape index (κ1) is 15.2. The fourth-order valence-corrected chi connectivity index (χ4v) is 1.78. The van der Waals surface area contributed by atoms with Crippen LogP contribution in [-0.2, 0) is 0 Å². The average molecular weight is 266 g/mol. The van der Waals surface area contributed by atoms with E-state index in [1.54, 1.807) is 12.1 Å². The Morgan fingerprint density at radius 3 is 2.16 bits per heavy atom. The summed E-state index contributed by atoms with van der Waals surface area (Å²) < 4.78 is 0. The lowest BCUT2D eigenvalue weighted by Gasteiger charge is -2.26. The van der Waals surface area contributed by atoms with E-state index in [2.05, 4.69) is 9.80 Å². The van der Waals surface area contributed by atoms with Gasteiger partial charge in [0.15, 0.2) is 0 Å². The van der Waals surface area contributed by atoms with Crippen molar-refractivity contribution in [3.63, 3.8) is 0 Å². The van der Waals surface area contributed by atoms with E-state index in [1.165, 1.54) is 0 Å². The highest BCUT2D eigenvalue weighted by Gasteiger charge is 2.14. The molecule has 0 aromatic heterocycles. The van der Waals surface area contributed by atoms with Crippen LogP contribution in [0.5, 0.6) is 0 Å². The molecule has 0 amide bonds. The first-order valence-corrected chi connectivity index (χ1v) is 6.14. The maximum absolute atomic E-state index is 10.8. The summed E-state index contributed by atoms with van der Waals surface area (Å²) in [6, 6.07) is 4.97. The van der Waals surface area contributed by atoms with Crippen LogP contribution in [0.4, 0.5) is 17.1 Å². The standard InChI is InChI=1S/C13H22N4O2/c1-14(2)8-9-16(5)12-7-6-11(17(18)19)10-13(12)15(3)4/h6-7,10H,8-9H2,1-5H3. The van der Waals surface area contributed by atoms with Gasteiger partial charge in [-0.2, -0.15) is 0 Å². The summed E-state index contributed by atoms with van der Waals surface area (Å²) in [4.78, 5) is 16.6. The van der Waals surface area contributed by atoms with E-state index in [-0.39, 0.29) is 10.6 Å². The largest absolute Gasteiger partial charge is 0.376 e. The van der Waals surface area contributed by atoms with Crippen molar-refractivity contribution in [3.8, 4) is 0 Å². The Bertz CT molecular complexity index is 446. The topological polar surface area (TPSA) is 52.9 Å². The molecule has 0 saturated carbocycles. The number of hydrogen-bond donors (Lipinski definition) is 0. The van der Waals surface area contributed by atoms with Gasteiger partial charge in [-0.15, -0.1) is 0 Å². The predicted molar refractivity (Wildman–Crippen MR) is 79.2 cm³/mol. The summed E-state index contributed by atoms with van der Waals surface area (Å²) in [6.07, 6.45) is 0. The molecule has 6 nitrogen and oxygen atoms in total. The summed E-state index contributed by atoms with van der Waals surface area (Å²) in [6.45, 7) is 1.80. The zero-order valence-corrected chi connectivity index (χ0v) is 12.3. The maximum Gasteiger partial charge on any atom is 0.271 e. The van der Waals surface area contributed by atoms with Crippen molar-refractivity contribution in [1.29, 1.82) is 0 Å². The second-order valence-electron chi connectivity index (χ2n) is 5.05. The van der Waals surface area contributed by atoms with Crippen LogP contribution in [0.25, 0.3) is 0 Å². The molecule has 0 saturated heterocycles. The molecule has 0 heterocycles. The van der Waals surface area contributed by atoms with Crippen LogP contribution in [0.2, 0.25) is 0 Å². The molecule has 0 N–H and O–H groups in total. The fourth-order valence-electron chi connectivity index (χ4n) is 1.78. The molecule has 0 atom stereocenters. The Balaban J connectivity index is 3.02. The van der Waals surface area contributed by atoms with Gasteiger partial charge in [-0.1, -0.05) is 0 Å². The molecule has 106 valence electrons. The third kappa shape index (κ3) is 4.10. The molecule has 0 bridgehead atoms. The highest BCUT2D eigenvalue weighted by Crippen LogP contribution is 2.31. The number of hydrogen-bond acceptors (Lipinski definition) is 5. The normalized spacial score (nSPS) is 10.6. The van der Waals surface area contributed by atoms with Gasteiger partial charge in [-0.25, -0.2) is 0 Å². The number of benzene rings is 1. The van der Waals surface area contributed by atoms with Crippen LogP contribution in [0.3, 0.4) is 0 Å². The van der Waals surface area contributed by atoms with Gasteiger partial charge in [0.1, 0.15) is 0 Å². The van der Waals surface area contributed by atoms with Crippen LogP contribution in [0, 0.1) is 10.1 Å². The summed E-state index contributed by atoms with van der Waals surface area (Å²) in [7, 11) is 9.83. The molecule has 1 aromatic rings. The summed E-state index contributed by atoms with van der Waals surface area (Å²) in [5, 5.41) is 10.8. The first-order chi connectivity index (χ1) is 8.82. The fraction of sp³-hybridized carbons (Fsp3) is 0.538. The summed E-state index contributed by atoms with van der Waals surface area (Å²) in [5.74, 6) is 0. The lowest BCUT2D eigenvalue weighted by atomic mass is 10.2. The lowest BCUT2D eigenvalue weighted by molar-refractivity contribution is -0.384. The van der Waals surface area contributed by atoms with Crippen LogP contribution in [-0.4, -0.2) is 58.2 Å². The zero-order chi connectivity index (χ0) is 14.6. The summed E-state index contributed by atoms with van der Waals surface area (Å²) in [5.41, 5.74) is 1.97. The number of nitro groups is 1. The van der Waals surface area contributed by atoms with Crippen molar-refractivity contribution in [2.75, 3.05) is 58.1 Å². The maximum atomic E-state index is 10.8. The molecule has 0 aliphatic heterocycles. The Labute approximate surface area is 114 Å². The molecular formula is C13H22N4O2. The molecule has 6 heteroatoms. The SMILES string of the molecule is CN(C)CCN(C)c1ccc([N+](=O)[O-])cc1N(C)C. The van der Waals surface area contributed by atoms with E-state index in [0.717, 1.165) is 24.5 Å². The van der Waals surface area contributed by atoms with Crippen LogP contribution >= 0.6 is 0 Å². The number of anilines is 2. The number of nitro benzene ring substituents is 1. The number of non-ortho nitro benzene ring substituents is 1. The minimum absolute atomic E-state index is 0.119. The zero-order valence-electron chi connectivity index (χ0n) is 12.3. The van der Waals surface area contributed by atoms with Gasteiger partial charge in [0.25, 0.3) is 5.69 Å². The Kier molecular flexibility index (Phi) is 5.11. The van der Waals surface area contributed by atoms with Crippen molar-refractivity contribution >= 4 is 17.1 Å². The Morgan fingerprint density at radius 2 is 1.68 bits per heavy atom. The Morgan fingerprint density at radius 1 is 1.05 bits per heavy atom. The molecule has 0 unspecified atom stereocenters. The van der Waals surface area contributed by atoms with Gasteiger partial charge >= 0.3 is 0 Å². The van der Waals surface area contributed by atoms with Crippen LogP contribution < -0.4 is 9.80 Å². The van der Waals surface area contributed by atoms with E-state index in [9.17, 15) is 10.1 Å². The molecule has 0 aliphatic rings. The minimum atomic E-state index is -0.364. The minimum Gasteiger partial charge on any atom is -0.376 e. The molecule has 0 radical (unpaired) electrons. The third-order valence-electron chi connectivity index (χ3n) is 2.95. The van der Waals surface area contributed by atoms with Crippen molar-refractivity contribution in [2.24, 2.45) is 0 Å². The van der Waals surface area contributed by atoms with Gasteiger partial charge in [-0.3, -0.25) is 10.1 Å². The monoisotopic (exact) mass is 266 g/mol. The van der Waals surface area contributed by atoms with Gasteiger partial charge in [-0.05, 0) is 20.2 Å². The van der Waals surface area contributed by atoms with Crippen LogP contribution in [0.15, 0.2) is 18.2 Å². The first-order valence-electron chi connectivity index (χ1n) is 6.14. The highest BCUT2D eigenvalue weighted by molar-refractivity contribution is 5.73. The second-order valence-corrected chi connectivity index (χ2v) is 5.05. The lowest BCUT2D eigenvalue weighted by Crippen LogP contribution is -2.29. The van der Waals surface area contributed by atoms with E-state index in [4.69, 9.17) is 0 Å². The quantitative estimate of drug-likeness (QED) is 0.579. The number of rotatable bonds is 6. The van der Waals surface area contributed by atoms with E-state index >= 15 is 0 Å². The second kappa shape index (κ2) is 6.38. The highest BCUT2D eigenvalue weighted by atomic mass is 16.6. The van der Waals surface area contributed by atoms with Crippen molar-refractivity contribution < 1.29 is 4.92 Å². The number of likely N-dealkylation sites (N-methyl/N-ethyl adjacent to an activating group) is 2. The molecule has 1 aromatic carbocycles. The summed E-state index contributed by atoms with van der Waals surface area (Å²) >= 11 is 0. The molecule has 0 fully saturated rings. The van der Waals surface area contributed by atoms with Gasteiger partial charge in [0.05, 0.1) is 16.3 Å². The van der Waals surface area contributed by atoms with E-state index in [1.807, 2.05) is 46.2 Å².